The monoisotopic (exact) mass is 291 g/mol. The Morgan fingerprint density at radius 3 is 3.11 bits per heavy atom. The maximum Gasteiger partial charge on any atom is 0.292 e. The number of aromatic nitrogens is 4. The summed E-state index contributed by atoms with van der Waals surface area (Å²) in [5, 5.41) is 8.93. The highest BCUT2D eigenvalue weighted by molar-refractivity contribution is 8.00. The molecule has 8 heteroatoms. The molecular formula is C11H9N5OS2. The van der Waals surface area contributed by atoms with Gasteiger partial charge in [0.15, 0.2) is 4.34 Å². The molecule has 2 heterocycles. The number of nitrogens with zero attached hydrogens (tertiary/aromatic N) is 3. The zero-order valence-corrected chi connectivity index (χ0v) is 11.5. The number of fused-ring (bicyclic) bond motifs is 1. The Kier molecular flexibility index (Phi) is 3.18. The van der Waals surface area contributed by atoms with Crippen LogP contribution in [-0.4, -0.2) is 32.3 Å². The molecule has 0 saturated heterocycles. The third-order valence-corrected chi connectivity index (χ3v) is 4.43. The van der Waals surface area contributed by atoms with Gasteiger partial charge in [-0.05, 0) is 24.5 Å². The van der Waals surface area contributed by atoms with Crippen molar-refractivity contribution < 1.29 is 4.79 Å². The van der Waals surface area contributed by atoms with Gasteiger partial charge >= 0.3 is 0 Å². The van der Waals surface area contributed by atoms with Crippen LogP contribution in [0.4, 0.5) is 5.69 Å². The molecule has 0 unspecified atom stereocenters. The quantitative estimate of drug-likeness (QED) is 0.724. The molecule has 0 aliphatic heterocycles. The summed E-state index contributed by atoms with van der Waals surface area (Å²) < 4.78 is 2.05. The second-order valence-electron chi connectivity index (χ2n) is 3.65. The number of anilines is 1. The van der Waals surface area contributed by atoms with Crippen molar-refractivity contribution in [3.05, 3.63) is 30.4 Å². The molecule has 0 aliphatic carbocycles. The lowest BCUT2D eigenvalue weighted by atomic mass is 10.3. The molecule has 2 N–H and O–H groups in total. The van der Waals surface area contributed by atoms with Crippen molar-refractivity contribution in [2.75, 3.05) is 11.6 Å². The molecule has 0 atom stereocenters. The van der Waals surface area contributed by atoms with Crippen LogP contribution in [-0.2, 0) is 0 Å². The highest BCUT2D eigenvalue weighted by Crippen LogP contribution is 2.29. The average Bonchev–Trinajstić information content (AvgIpc) is 3.07. The SMILES string of the molecule is CSc1nc2ccc(NC(=O)c3ncn[nH]3)cc2s1. The molecule has 3 aromatic rings. The fourth-order valence-corrected chi connectivity index (χ4v) is 3.10. The smallest absolute Gasteiger partial charge is 0.292 e. The first-order valence-electron chi connectivity index (χ1n) is 5.37. The van der Waals surface area contributed by atoms with Gasteiger partial charge in [-0.1, -0.05) is 11.8 Å². The van der Waals surface area contributed by atoms with Crippen molar-refractivity contribution in [3.8, 4) is 0 Å². The minimum atomic E-state index is -0.313. The molecule has 0 fully saturated rings. The van der Waals surface area contributed by atoms with E-state index in [-0.39, 0.29) is 11.7 Å². The third-order valence-electron chi connectivity index (χ3n) is 2.43. The van der Waals surface area contributed by atoms with Crippen LogP contribution in [0.15, 0.2) is 28.9 Å². The summed E-state index contributed by atoms with van der Waals surface area (Å²) in [5.41, 5.74) is 1.65. The molecule has 0 spiro atoms. The van der Waals surface area contributed by atoms with Crippen LogP contribution in [0.5, 0.6) is 0 Å². The molecule has 19 heavy (non-hydrogen) atoms. The number of nitrogens with one attached hydrogen (secondary N) is 2. The number of carbonyl (C=O) groups is 1. The van der Waals surface area contributed by atoms with Crippen molar-refractivity contribution in [2.24, 2.45) is 0 Å². The van der Waals surface area contributed by atoms with Gasteiger partial charge in [0, 0.05) is 5.69 Å². The van der Waals surface area contributed by atoms with Gasteiger partial charge in [0.1, 0.15) is 6.33 Å². The second-order valence-corrected chi connectivity index (χ2v) is 5.74. The lowest BCUT2D eigenvalue weighted by Crippen LogP contribution is -2.13. The molecule has 1 aromatic carbocycles. The van der Waals surface area contributed by atoms with Gasteiger partial charge in [-0.2, -0.15) is 5.10 Å². The summed E-state index contributed by atoms with van der Waals surface area (Å²) in [7, 11) is 0. The van der Waals surface area contributed by atoms with E-state index >= 15 is 0 Å². The number of benzene rings is 1. The molecule has 96 valence electrons. The number of carbonyl (C=O) groups excluding carboxylic acids is 1. The van der Waals surface area contributed by atoms with Crippen LogP contribution in [0.3, 0.4) is 0 Å². The Hall–Kier alpha value is -1.93. The van der Waals surface area contributed by atoms with Crippen molar-refractivity contribution in [2.45, 2.75) is 4.34 Å². The Morgan fingerprint density at radius 1 is 1.47 bits per heavy atom. The first-order chi connectivity index (χ1) is 9.26. The summed E-state index contributed by atoms with van der Waals surface area (Å²) >= 11 is 3.21. The minimum Gasteiger partial charge on any atom is -0.319 e. The lowest BCUT2D eigenvalue weighted by molar-refractivity contribution is 0.101. The summed E-state index contributed by atoms with van der Waals surface area (Å²) in [5.74, 6) is -0.124. The number of aromatic amines is 1. The van der Waals surface area contributed by atoms with Gasteiger partial charge in [-0.3, -0.25) is 9.89 Å². The van der Waals surface area contributed by atoms with Gasteiger partial charge in [-0.15, -0.1) is 11.3 Å². The summed E-state index contributed by atoms with van der Waals surface area (Å²) in [6.07, 6.45) is 3.29. The standard InChI is InChI=1S/C11H9N5OS2/c1-18-11-15-7-3-2-6(4-8(7)19-11)14-10(17)9-12-5-13-16-9/h2-5H,1H3,(H,14,17)(H,12,13,16). The predicted octanol–water partition coefficient (Wildman–Crippen LogP) is 2.39. The summed E-state index contributed by atoms with van der Waals surface area (Å²) in [6, 6.07) is 5.61. The van der Waals surface area contributed by atoms with Crippen LogP contribution in [0.25, 0.3) is 10.2 Å². The molecule has 6 nitrogen and oxygen atoms in total. The number of H-pyrrole nitrogens is 1. The lowest BCUT2D eigenvalue weighted by Gasteiger charge is -2.02. The van der Waals surface area contributed by atoms with E-state index in [2.05, 4.69) is 25.5 Å². The molecule has 0 saturated carbocycles. The zero-order chi connectivity index (χ0) is 13.2. The van der Waals surface area contributed by atoms with E-state index in [0.29, 0.717) is 5.69 Å². The van der Waals surface area contributed by atoms with E-state index in [4.69, 9.17) is 0 Å². The van der Waals surface area contributed by atoms with Crippen molar-refractivity contribution in [1.29, 1.82) is 0 Å². The third kappa shape index (κ3) is 2.45. The molecular weight excluding hydrogens is 282 g/mol. The van der Waals surface area contributed by atoms with Gasteiger partial charge in [0.05, 0.1) is 10.2 Å². The molecule has 0 bridgehead atoms. The van der Waals surface area contributed by atoms with Crippen LogP contribution >= 0.6 is 23.1 Å². The predicted molar refractivity (Wildman–Crippen MR) is 75.7 cm³/mol. The number of thiazole rings is 1. The highest BCUT2D eigenvalue weighted by Gasteiger charge is 2.10. The maximum atomic E-state index is 11.8. The van der Waals surface area contributed by atoms with Gasteiger partial charge in [-0.25, -0.2) is 9.97 Å². The first kappa shape index (κ1) is 12.1. The van der Waals surface area contributed by atoms with E-state index in [1.54, 1.807) is 23.1 Å². The molecule has 2 aromatic heterocycles. The van der Waals surface area contributed by atoms with Crippen LogP contribution in [0, 0.1) is 0 Å². The topological polar surface area (TPSA) is 83.6 Å². The number of rotatable bonds is 3. The average molecular weight is 291 g/mol. The van der Waals surface area contributed by atoms with Crippen LogP contribution in [0.1, 0.15) is 10.6 Å². The summed E-state index contributed by atoms with van der Waals surface area (Å²) in [6.45, 7) is 0. The van der Waals surface area contributed by atoms with Gasteiger partial charge < -0.3 is 5.32 Å². The van der Waals surface area contributed by atoms with E-state index in [0.717, 1.165) is 14.6 Å². The van der Waals surface area contributed by atoms with E-state index < -0.39 is 0 Å². The van der Waals surface area contributed by atoms with Gasteiger partial charge in [0.2, 0.25) is 5.82 Å². The Morgan fingerprint density at radius 2 is 2.37 bits per heavy atom. The largest absolute Gasteiger partial charge is 0.319 e. The Bertz CT molecular complexity index is 722. The summed E-state index contributed by atoms with van der Waals surface area (Å²) in [4.78, 5) is 20.1. The zero-order valence-electron chi connectivity index (χ0n) is 9.88. The second kappa shape index (κ2) is 4.98. The number of hydrogen-bond acceptors (Lipinski definition) is 6. The molecule has 0 radical (unpaired) electrons. The van der Waals surface area contributed by atoms with Crippen molar-refractivity contribution in [3.63, 3.8) is 0 Å². The Balaban J connectivity index is 1.87. The minimum absolute atomic E-state index is 0.189. The molecule has 0 aliphatic rings. The van der Waals surface area contributed by atoms with E-state index in [9.17, 15) is 4.79 Å². The Labute approximate surface area is 116 Å². The van der Waals surface area contributed by atoms with Crippen LogP contribution < -0.4 is 5.32 Å². The highest BCUT2D eigenvalue weighted by atomic mass is 32.2. The fraction of sp³-hybridized carbons (Fsp3) is 0.0909. The number of hydrogen-bond donors (Lipinski definition) is 2. The van der Waals surface area contributed by atoms with Crippen molar-refractivity contribution >= 4 is 44.9 Å². The normalized spacial score (nSPS) is 10.8. The number of amides is 1. The molecule has 1 amide bonds. The first-order valence-corrected chi connectivity index (χ1v) is 7.41. The molecule has 3 rings (SSSR count). The van der Waals surface area contributed by atoms with E-state index in [1.165, 1.54) is 6.33 Å². The maximum absolute atomic E-state index is 11.8. The van der Waals surface area contributed by atoms with E-state index in [1.807, 2.05) is 24.5 Å². The number of thioether (sulfide) groups is 1. The van der Waals surface area contributed by atoms with Crippen molar-refractivity contribution in [1.82, 2.24) is 20.2 Å². The van der Waals surface area contributed by atoms with Gasteiger partial charge in [0.25, 0.3) is 5.91 Å². The van der Waals surface area contributed by atoms with Crippen LogP contribution in [0.2, 0.25) is 0 Å². The fourth-order valence-electron chi connectivity index (χ4n) is 1.57.